The van der Waals surface area contributed by atoms with Crippen molar-refractivity contribution in [2.45, 2.75) is 32.6 Å². The van der Waals surface area contributed by atoms with Gasteiger partial charge in [-0.25, -0.2) is 4.98 Å². The standard InChI is InChI=1S/C17H21N3OS/c1-3-20(2)13-10-8-12(9-11-13)16(21)19-17-18-14-6-4-5-7-15(14)22-17/h8-11H,3-7H2,1-2H3,(H,18,19,21). The maximum Gasteiger partial charge on any atom is 0.257 e. The molecule has 1 aliphatic rings. The molecule has 0 bridgehead atoms. The maximum atomic E-state index is 12.3. The molecule has 0 spiro atoms. The number of amides is 1. The second-order valence-corrected chi connectivity index (χ2v) is 6.69. The lowest BCUT2D eigenvalue weighted by Crippen LogP contribution is -2.16. The van der Waals surface area contributed by atoms with Gasteiger partial charge in [0.15, 0.2) is 5.13 Å². The number of rotatable bonds is 4. The third-order valence-corrected chi connectivity index (χ3v) is 5.18. The SMILES string of the molecule is CCN(C)c1ccc(C(=O)Nc2nc3c(s2)CCCC3)cc1. The van der Waals surface area contributed by atoms with Crippen LogP contribution in [0.4, 0.5) is 10.8 Å². The molecule has 5 heteroatoms. The van der Waals surface area contributed by atoms with Crippen molar-refractivity contribution >= 4 is 28.1 Å². The average molecular weight is 315 g/mol. The molecule has 3 rings (SSSR count). The van der Waals surface area contributed by atoms with Gasteiger partial charge in [0.2, 0.25) is 0 Å². The minimum Gasteiger partial charge on any atom is -0.375 e. The number of fused-ring (bicyclic) bond motifs is 1. The van der Waals surface area contributed by atoms with Crippen molar-refractivity contribution in [2.75, 3.05) is 23.8 Å². The number of thiazole rings is 1. The van der Waals surface area contributed by atoms with Crippen LogP contribution >= 0.6 is 11.3 Å². The van der Waals surface area contributed by atoms with Crippen LogP contribution in [-0.4, -0.2) is 24.5 Å². The molecule has 1 amide bonds. The monoisotopic (exact) mass is 315 g/mol. The first-order chi connectivity index (χ1) is 10.7. The van der Waals surface area contributed by atoms with Crippen LogP contribution in [0.1, 0.15) is 40.7 Å². The molecule has 1 aromatic carbocycles. The highest BCUT2D eigenvalue weighted by Gasteiger charge is 2.16. The summed E-state index contributed by atoms with van der Waals surface area (Å²) in [6, 6.07) is 7.69. The zero-order valence-electron chi connectivity index (χ0n) is 13.1. The Labute approximate surface area is 135 Å². The number of nitrogens with zero attached hydrogens (tertiary/aromatic N) is 2. The predicted octanol–water partition coefficient (Wildman–Crippen LogP) is 3.73. The highest BCUT2D eigenvalue weighted by Crippen LogP contribution is 2.29. The summed E-state index contributed by atoms with van der Waals surface area (Å²) in [7, 11) is 2.04. The molecule has 1 heterocycles. The molecule has 0 unspecified atom stereocenters. The second-order valence-electron chi connectivity index (χ2n) is 5.61. The fourth-order valence-electron chi connectivity index (χ4n) is 2.62. The number of benzene rings is 1. The number of nitrogens with one attached hydrogen (secondary N) is 1. The number of hydrogen-bond donors (Lipinski definition) is 1. The molecule has 0 fully saturated rings. The highest BCUT2D eigenvalue weighted by atomic mass is 32.1. The largest absolute Gasteiger partial charge is 0.375 e. The molecule has 1 aromatic heterocycles. The summed E-state index contributed by atoms with van der Waals surface area (Å²) in [5.41, 5.74) is 2.96. The third kappa shape index (κ3) is 3.14. The Kier molecular flexibility index (Phi) is 4.43. The van der Waals surface area contributed by atoms with E-state index in [0.717, 1.165) is 30.2 Å². The van der Waals surface area contributed by atoms with Crippen molar-refractivity contribution in [1.82, 2.24) is 4.98 Å². The molecule has 0 aliphatic heterocycles. The maximum absolute atomic E-state index is 12.3. The smallest absolute Gasteiger partial charge is 0.257 e. The summed E-state index contributed by atoms with van der Waals surface area (Å²) in [5, 5.41) is 3.66. The van der Waals surface area contributed by atoms with E-state index in [2.05, 4.69) is 22.1 Å². The van der Waals surface area contributed by atoms with E-state index in [9.17, 15) is 4.79 Å². The van der Waals surface area contributed by atoms with Gasteiger partial charge >= 0.3 is 0 Å². The Bertz CT molecular complexity index is 640. The average Bonchev–Trinajstić information content (AvgIpc) is 2.96. The van der Waals surface area contributed by atoms with Crippen molar-refractivity contribution < 1.29 is 4.79 Å². The van der Waals surface area contributed by atoms with Gasteiger partial charge in [-0.3, -0.25) is 10.1 Å². The van der Waals surface area contributed by atoms with Gasteiger partial charge in [-0.05, 0) is 56.9 Å². The third-order valence-electron chi connectivity index (χ3n) is 4.11. The molecular weight excluding hydrogens is 294 g/mol. The van der Waals surface area contributed by atoms with Crippen molar-refractivity contribution in [3.05, 3.63) is 40.4 Å². The Morgan fingerprint density at radius 2 is 2.00 bits per heavy atom. The van der Waals surface area contributed by atoms with Crippen LogP contribution in [0.3, 0.4) is 0 Å². The van der Waals surface area contributed by atoms with Crippen LogP contribution in [0.25, 0.3) is 0 Å². The lowest BCUT2D eigenvalue weighted by molar-refractivity contribution is 0.102. The molecule has 0 radical (unpaired) electrons. The molecule has 2 aromatic rings. The first kappa shape index (κ1) is 15.0. The Morgan fingerprint density at radius 1 is 1.27 bits per heavy atom. The van der Waals surface area contributed by atoms with E-state index in [-0.39, 0.29) is 5.91 Å². The highest BCUT2D eigenvalue weighted by molar-refractivity contribution is 7.15. The molecule has 4 nitrogen and oxygen atoms in total. The van der Waals surface area contributed by atoms with Gasteiger partial charge in [-0.15, -0.1) is 11.3 Å². The second kappa shape index (κ2) is 6.48. The number of carbonyl (C=O) groups is 1. The van der Waals surface area contributed by atoms with Gasteiger partial charge in [0.1, 0.15) is 0 Å². The molecule has 1 N–H and O–H groups in total. The molecule has 22 heavy (non-hydrogen) atoms. The molecule has 0 saturated carbocycles. The molecule has 1 aliphatic carbocycles. The van der Waals surface area contributed by atoms with Gasteiger partial charge in [0, 0.05) is 29.7 Å². The minimum absolute atomic E-state index is 0.0863. The summed E-state index contributed by atoms with van der Waals surface area (Å²) < 4.78 is 0. The predicted molar refractivity (Wildman–Crippen MR) is 92.1 cm³/mol. The van der Waals surface area contributed by atoms with Crippen LogP contribution < -0.4 is 10.2 Å². The quantitative estimate of drug-likeness (QED) is 0.935. The Balaban J connectivity index is 1.70. The van der Waals surface area contributed by atoms with E-state index in [1.54, 1.807) is 11.3 Å². The van der Waals surface area contributed by atoms with E-state index in [4.69, 9.17) is 0 Å². The van der Waals surface area contributed by atoms with Crippen LogP contribution in [-0.2, 0) is 12.8 Å². The van der Waals surface area contributed by atoms with Crippen LogP contribution in [0.15, 0.2) is 24.3 Å². The molecule has 116 valence electrons. The first-order valence-corrected chi connectivity index (χ1v) is 8.60. The zero-order valence-corrected chi connectivity index (χ0v) is 13.9. The van der Waals surface area contributed by atoms with Crippen molar-refractivity contribution in [2.24, 2.45) is 0 Å². The minimum atomic E-state index is -0.0863. The summed E-state index contributed by atoms with van der Waals surface area (Å²) in [4.78, 5) is 20.3. The number of aryl methyl sites for hydroxylation is 2. The van der Waals surface area contributed by atoms with Crippen molar-refractivity contribution in [1.29, 1.82) is 0 Å². The number of aromatic nitrogens is 1. The fourth-order valence-corrected chi connectivity index (χ4v) is 3.67. The van der Waals surface area contributed by atoms with E-state index in [1.807, 2.05) is 31.3 Å². The van der Waals surface area contributed by atoms with Crippen LogP contribution in [0.5, 0.6) is 0 Å². The van der Waals surface area contributed by atoms with E-state index >= 15 is 0 Å². The lowest BCUT2D eigenvalue weighted by atomic mass is 10.0. The topological polar surface area (TPSA) is 45.2 Å². The van der Waals surface area contributed by atoms with Crippen molar-refractivity contribution in [3.8, 4) is 0 Å². The number of anilines is 2. The molecular formula is C17H21N3OS. The normalized spacial score (nSPS) is 13.5. The van der Waals surface area contributed by atoms with Gasteiger partial charge in [-0.1, -0.05) is 0 Å². The molecule has 0 saturated heterocycles. The van der Waals surface area contributed by atoms with Crippen LogP contribution in [0.2, 0.25) is 0 Å². The Hall–Kier alpha value is -1.88. The van der Waals surface area contributed by atoms with Gasteiger partial charge in [0.05, 0.1) is 5.69 Å². The molecule has 0 atom stereocenters. The van der Waals surface area contributed by atoms with Gasteiger partial charge in [0.25, 0.3) is 5.91 Å². The first-order valence-electron chi connectivity index (χ1n) is 7.78. The number of carbonyl (C=O) groups excluding carboxylic acids is 1. The number of hydrogen-bond acceptors (Lipinski definition) is 4. The summed E-state index contributed by atoms with van der Waals surface area (Å²) in [5.74, 6) is -0.0863. The van der Waals surface area contributed by atoms with Gasteiger partial charge in [-0.2, -0.15) is 0 Å². The summed E-state index contributed by atoms with van der Waals surface area (Å²) >= 11 is 1.62. The Morgan fingerprint density at radius 3 is 2.68 bits per heavy atom. The zero-order chi connectivity index (χ0) is 15.5. The lowest BCUT2D eigenvalue weighted by Gasteiger charge is -2.16. The summed E-state index contributed by atoms with van der Waals surface area (Å²) in [6.45, 7) is 3.04. The summed E-state index contributed by atoms with van der Waals surface area (Å²) in [6.07, 6.45) is 4.58. The van der Waals surface area contributed by atoms with Crippen molar-refractivity contribution in [3.63, 3.8) is 0 Å². The van der Waals surface area contributed by atoms with Gasteiger partial charge < -0.3 is 4.90 Å². The van der Waals surface area contributed by atoms with E-state index < -0.39 is 0 Å². The fraction of sp³-hybridized carbons (Fsp3) is 0.412. The van der Waals surface area contributed by atoms with Crippen LogP contribution in [0, 0.1) is 0 Å². The van der Waals surface area contributed by atoms with E-state index in [1.165, 1.54) is 23.4 Å². The van der Waals surface area contributed by atoms with E-state index in [0.29, 0.717) is 5.56 Å².